The van der Waals surface area contributed by atoms with Gasteiger partial charge in [-0.25, -0.2) is 9.97 Å². The zero-order valence-electron chi connectivity index (χ0n) is 12.2. The molecule has 0 radical (unpaired) electrons. The average Bonchev–Trinajstić information content (AvgIpc) is 2.67. The molecule has 102 valence electrons. The highest BCUT2D eigenvalue weighted by Crippen LogP contribution is 2.30. The highest BCUT2D eigenvalue weighted by Gasteiger charge is 2.20. The fourth-order valence-electron chi connectivity index (χ4n) is 2.77. The van der Waals surface area contributed by atoms with E-state index in [2.05, 4.69) is 42.5 Å². The number of hydrogen-bond acceptors (Lipinski definition) is 2. The fraction of sp³-hybridized carbons (Fsp3) is 0.625. The van der Waals surface area contributed by atoms with Crippen LogP contribution in [-0.2, 0) is 6.54 Å². The third kappa shape index (κ3) is 2.26. The van der Waals surface area contributed by atoms with E-state index in [4.69, 9.17) is 4.98 Å². The second kappa shape index (κ2) is 4.95. The van der Waals surface area contributed by atoms with Gasteiger partial charge in [0.15, 0.2) is 5.65 Å². The molecule has 3 rings (SSSR count). The van der Waals surface area contributed by atoms with Crippen LogP contribution in [0, 0.1) is 12.8 Å². The molecular weight excluding hydrogens is 234 g/mol. The molecule has 2 aromatic rings. The van der Waals surface area contributed by atoms with Crippen LogP contribution in [0.25, 0.3) is 11.2 Å². The number of nitrogens with zero attached hydrogens (tertiary/aromatic N) is 3. The predicted octanol–water partition coefficient (Wildman–Crippen LogP) is 4.05. The van der Waals surface area contributed by atoms with Gasteiger partial charge in [0.2, 0.25) is 0 Å². The molecule has 1 unspecified atom stereocenters. The minimum Gasteiger partial charge on any atom is -0.313 e. The number of fused-ring (bicyclic) bond motifs is 1. The lowest BCUT2D eigenvalue weighted by Crippen LogP contribution is -2.19. The van der Waals surface area contributed by atoms with Gasteiger partial charge in [-0.2, -0.15) is 0 Å². The Morgan fingerprint density at radius 1 is 1.32 bits per heavy atom. The number of aromatic nitrogens is 3. The van der Waals surface area contributed by atoms with Crippen molar-refractivity contribution in [3.05, 3.63) is 23.7 Å². The smallest absolute Gasteiger partial charge is 0.160 e. The van der Waals surface area contributed by atoms with Crippen LogP contribution in [0.1, 0.15) is 57.0 Å². The molecule has 0 saturated heterocycles. The van der Waals surface area contributed by atoms with Gasteiger partial charge in [-0.05, 0) is 50.2 Å². The maximum atomic E-state index is 4.88. The molecule has 0 N–H and O–H groups in total. The van der Waals surface area contributed by atoms with E-state index in [1.807, 2.05) is 0 Å². The van der Waals surface area contributed by atoms with E-state index < -0.39 is 0 Å². The van der Waals surface area contributed by atoms with Gasteiger partial charge in [0.1, 0.15) is 11.3 Å². The molecule has 1 fully saturated rings. The van der Waals surface area contributed by atoms with Crippen LogP contribution in [0.4, 0.5) is 0 Å². The van der Waals surface area contributed by atoms with E-state index in [-0.39, 0.29) is 0 Å². The van der Waals surface area contributed by atoms with Crippen LogP contribution in [0.15, 0.2) is 12.1 Å². The first-order chi connectivity index (χ1) is 9.19. The van der Waals surface area contributed by atoms with Gasteiger partial charge in [-0.15, -0.1) is 0 Å². The van der Waals surface area contributed by atoms with Crippen molar-refractivity contribution in [1.82, 2.24) is 14.5 Å². The summed E-state index contributed by atoms with van der Waals surface area (Å²) in [5.74, 6) is 2.47. The van der Waals surface area contributed by atoms with Crippen molar-refractivity contribution in [2.75, 3.05) is 0 Å². The van der Waals surface area contributed by atoms with Crippen LogP contribution < -0.4 is 0 Å². The SMILES string of the molecule is CCC(C)c1ccc2nc(C)n(CC3CCC3)c2n1. The summed E-state index contributed by atoms with van der Waals surface area (Å²) in [6, 6.07) is 4.27. The molecule has 3 nitrogen and oxygen atoms in total. The third-order valence-corrected chi connectivity index (χ3v) is 4.59. The van der Waals surface area contributed by atoms with Crippen molar-refractivity contribution in [3.8, 4) is 0 Å². The van der Waals surface area contributed by atoms with Gasteiger partial charge < -0.3 is 4.57 Å². The average molecular weight is 257 g/mol. The molecule has 3 heteroatoms. The predicted molar refractivity (Wildman–Crippen MR) is 78.3 cm³/mol. The van der Waals surface area contributed by atoms with Crippen LogP contribution in [0.5, 0.6) is 0 Å². The van der Waals surface area contributed by atoms with E-state index >= 15 is 0 Å². The molecule has 0 bridgehead atoms. The lowest BCUT2D eigenvalue weighted by Gasteiger charge is -2.26. The zero-order chi connectivity index (χ0) is 13.4. The number of imidazole rings is 1. The molecule has 1 saturated carbocycles. The van der Waals surface area contributed by atoms with Crippen molar-refractivity contribution >= 4 is 11.2 Å². The molecule has 0 amide bonds. The van der Waals surface area contributed by atoms with Crippen molar-refractivity contribution in [1.29, 1.82) is 0 Å². The maximum Gasteiger partial charge on any atom is 0.160 e. The highest BCUT2D eigenvalue weighted by molar-refractivity contribution is 5.71. The molecule has 1 atom stereocenters. The Kier molecular flexibility index (Phi) is 3.29. The zero-order valence-corrected chi connectivity index (χ0v) is 12.2. The molecule has 0 aromatic carbocycles. The minimum atomic E-state index is 0.525. The monoisotopic (exact) mass is 257 g/mol. The number of rotatable bonds is 4. The van der Waals surface area contributed by atoms with E-state index in [9.17, 15) is 0 Å². The summed E-state index contributed by atoms with van der Waals surface area (Å²) >= 11 is 0. The minimum absolute atomic E-state index is 0.525. The van der Waals surface area contributed by atoms with Crippen LogP contribution in [0.2, 0.25) is 0 Å². The molecule has 1 aliphatic carbocycles. The van der Waals surface area contributed by atoms with Crippen LogP contribution >= 0.6 is 0 Å². The molecule has 2 aromatic heterocycles. The van der Waals surface area contributed by atoms with Gasteiger partial charge in [0, 0.05) is 12.2 Å². The molecule has 0 aliphatic heterocycles. The summed E-state index contributed by atoms with van der Waals surface area (Å²) in [4.78, 5) is 9.53. The Morgan fingerprint density at radius 2 is 2.11 bits per heavy atom. The summed E-state index contributed by atoms with van der Waals surface area (Å²) in [5.41, 5.74) is 3.33. The molecule has 19 heavy (non-hydrogen) atoms. The first-order valence-corrected chi connectivity index (χ1v) is 7.52. The third-order valence-electron chi connectivity index (χ3n) is 4.59. The topological polar surface area (TPSA) is 30.7 Å². The van der Waals surface area contributed by atoms with Gasteiger partial charge in [-0.3, -0.25) is 0 Å². The van der Waals surface area contributed by atoms with E-state index in [1.165, 1.54) is 25.0 Å². The lowest BCUT2D eigenvalue weighted by molar-refractivity contribution is 0.277. The van der Waals surface area contributed by atoms with Gasteiger partial charge in [0.25, 0.3) is 0 Å². The number of hydrogen-bond donors (Lipinski definition) is 0. The van der Waals surface area contributed by atoms with Crippen molar-refractivity contribution in [2.24, 2.45) is 5.92 Å². The Labute approximate surface area is 115 Å². The first kappa shape index (κ1) is 12.6. The van der Waals surface area contributed by atoms with Crippen LogP contribution in [0.3, 0.4) is 0 Å². The Hall–Kier alpha value is -1.38. The quantitative estimate of drug-likeness (QED) is 0.827. The molecule has 1 aliphatic rings. The second-order valence-electron chi connectivity index (χ2n) is 5.95. The maximum absolute atomic E-state index is 4.88. The van der Waals surface area contributed by atoms with E-state index in [1.54, 1.807) is 0 Å². The number of pyridine rings is 1. The summed E-state index contributed by atoms with van der Waals surface area (Å²) in [6.07, 6.45) is 5.25. The molecular formula is C16H23N3. The largest absolute Gasteiger partial charge is 0.313 e. The fourth-order valence-corrected chi connectivity index (χ4v) is 2.77. The summed E-state index contributed by atoms with van der Waals surface area (Å²) in [7, 11) is 0. The first-order valence-electron chi connectivity index (χ1n) is 7.52. The Morgan fingerprint density at radius 3 is 2.74 bits per heavy atom. The van der Waals surface area contributed by atoms with Gasteiger partial charge in [0.05, 0.1) is 0 Å². The Bertz CT molecular complexity index is 581. The van der Waals surface area contributed by atoms with Gasteiger partial charge in [-0.1, -0.05) is 20.3 Å². The van der Waals surface area contributed by atoms with Crippen molar-refractivity contribution < 1.29 is 0 Å². The van der Waals surface area contributed by atoms with E-state index in [0.717, 1.165) is 35.9 Å². The highest BCUT2D eigenvalue weighted by atomic mass is 15.1. The molecule has 2 heterocycles. The summed E-state index contributed by atoms with van der Waals surface area (Å²) < 4.78 is 2.32. The van der Waals surface area contributed by atoms with Crippen LogP contribution in [-0.4, -0.2) is 14.5 Å². The second-order valence-corrected chi connectivity index (χ2v) is 5.95. The number of aryl methyl sites for hydroxylation is 1. The molecule has 0 spiro atoms. The Balaban J connectivity index is 2.00. The van der Waals surface area contributed by atoms with Crippen molar-refractivity contribution in [2.45, 2.75) is 58.9 Å². The lowest BCUT2D eigenvalue weighted by atomic mass is 9.85. The summed E-state index contributed by atoms with van der Waals surface area (Å²) in [6.45, 7) is 7.66. The standard InChI is InChI=1S/C16H23N3/c1-4-11(2)14-8-9-15-16(18-14)19(12(3)17-15)10-13-6-5-7-13/h8-9,11,13H,4-7,10H2,1-3H3. The van der Waals surface area contributed by atoms with Gasteiger partial charge >= 0.3 is 0 Å². The summed E-state index contributed by atoms with van der Waals surface area (Å²) in [5, 5.41) is 0. The normalized spacial score (nSPS) is 17.6. The van der Waals surface area contributed by atoms with E-state index in [0.29, 0.717) is 5.92 Å². The van der Waals surface area contributed by atoms with Crippen molar-refractivity contribution in [3.63, 3.8) is 0 Å².